The van der Waals surface area contributed by atoms with Crippen LogP contribution in [0.4, 0.5) is 5.69 Å². The van der Waals surface area contributed by atoms with Gasteiger partial charge in [0, 0.05) is 50.1 Å². The summed E-state index contributed by atoms with van der Waals surface area (Å²) < 4.78 is 0. The van der Waals surface area contributed by atoms with Crippen LogP contribution >= 0.6 is 11.6 Å². The van der Waals surface area contributed by atoms with E-state index in [0.717, 1.165) is 22.9 Å². The number of rotatable bonds is 5. The molecule has 2 N–H and O–H groups in total. The van der Waals surface area contributed by atoms with Crippen LogP contribution in [0.1, 0.15) is 21.5 Å². The highest BCUT2D eigenvalue weighted by Crippen LogP contribution is 2.36. The minimum Gasteiger partial charge on any atom is -0.508 e. The maximum Gasteiger partial charge on any atom is 0.259 e. The van der Waals surface area contributed by atoms with Crippen molar-refractivity contribution in [3.05, 3.63) is 64.2 Å². The van der Waals surface area contributed by atoms with E-state index < -0.39 is 5.91 Å². The first-order valence-electron chi connectivity index (χ1n) is 9.39. The molecule has 0 fully saturated rings. The Labute approximate surface area is 180 Å². The number of carbonyl (C=O) groups excluding carboxylic acids is 2. The molecule has 0 spiro atoms. The van der Waals surface area contributed by atoms with Gasteiger partial charge in [-0.2, -0.15) is 0 Å². The van der Waals surface area contributed by atoms with Crippen LogP contribution in [-0.4, -0.2) is 59.5 Å². The second-order valence-electron chi connectivity index (χ2n) is 7.46. The molecule has 0 bridgehead atoms. The molecule has 1 heterocycles. The van der Waals surface area contributed by atoms with Crippen molar-refractivity contribution in [2.45, 2.75) is 13.1 Å². The first-order chi connectivity index (χ1) is 14.2. The summed E-state index contributed by atoms with van der Waals surface area (Å²) in [5.41, 5.74) is 2.47. The molecule has 2 aromatic carbocycles. The lowest BCUT2D eigenvalue weighted by Crippen LogP contribution is -2.27. The van der Waals surface area contributed by atoms with Crippen molar-refractivity contribution in [2.75, 3.05) is 32.6 Å². The van der Waals surface area contributed by atoms with E-state index in [-0.39, 0.29) is 34.5 Å². The Kier molecular flexibility index (Phi) is 6.34. The molecule has 1 aliphatic heterocycles. The number of fused-ring (bicyclic) bond motifs is 1. The maximum absolute atomic E-state index is 13.0. The van der Waals surface area contributed by atoms with E-state index in [9.17, 15) is 19.8 Å². The SMILES string of the molecule is CN(C)C/C=C/C(=O)N(C)c1cccc2c1CN(C(=O)c1c(O)cc(O)cc1Cl)C2. The Bertz CT molecular complexity index is 996. The summed E-state index contributed by atoms with van der Waals surface area (Å²) in [6, 6.07) is 7.90. The molecule has 0 radical (unpaired) electrons. The quantitative estimate of drug-likeness (QED) is 0.714. The van der Waals surface area contributed by atoms with Gasteiger partial charge >= 0.3 is 0 Å². The number of amides is 2. The minimum absolute atomic E-state index is 0.0213. The van der Waals surface area contributed by atoms with Gasteiger partial charge in [-0.3, -0.25) is 9.59 Å². The Morgan fingerprint density at radius 2 is 1.90 bits per heavy atom. The molecule has 0 saturated carbocycles. The average molecular weight is 430 g/mol. The van der Waals surface area contributed by atoms with Crippen LogP contribution < -0.4 is 4.90 Å². The summed E-state index contributed by atoms with van der Waals surface area (Å²) >= 11 is 6.08. The number of phenols is 2. The van der Waals surface area contributed by atoms with Gasteiger partial charge in [-0.15, -0.1) is 0 Å². The molecule has 0 aliphatic carbocycles. The number of hydrogen-bond acceptors (Lipinski definition) is 5. The van der Waals surface area contributed by atoms with Gasteiger partial charge in [0.15, 0.2) is 0 Å². The first kappa shape index (κ1) is 21.7. The number of nitrogens with zero attached hydrogens (tertiary/aromatic N) is 3. The number of phenolic OH excluding ortho intramolecular Hbond substituents is 2. The average Bonchev–Trinajstić information content (AvgIpc) is 3.10. The largest absolute Gasteiger partial charge is 0.508 e. The number of aromatic hydroxyl groups is 2. The summed E-state index contributed by atoms with van der Waals surface area (Å²) in [6.07, 6.45) is 3.33. The lowest BCUT2D eigenvalue weighted by atomic mass is 10.1. The molecule has 8 heteroatoms. The molecule has 30 heavy (non-hydrogen) atoms. The van der Waals surface area contributed by atoms with Crippen LogP contribution in [0.3, 0.4) is 0 Å². The first-order valence-corrected chi connectivity index (χ1v) is 9.77. The fraction of sp³-hybridized carbons (Fsp3) is 0.273. The number of hydrogen-bond donors (Lipinski definition) is 2. The fourth-order valence-electron chi connectivity index (χ4n) is 3.40. The molecule has 3 rings (SSSR count). The topological polar surface area (TPSA) is 84.3 Å². The van der Waals surface area contributed by atoms with Gasteiger partial charge in [-0.05, 0) is 31.8 Å². The van der Waals surface area contributed by atoms with E-state index in [1.807, 2.05) is 37.2 Å². The van der Waals surface area contributed by atoms with Crippen molar-refractivity contribution >= 4 is 29.1 Å². The summed E-state index contributed by atoms with van der Waals surface area (Å²) in [4.78, 5) is 30.6. The summed E-state index contributed by atoms with van der Waals surface area (Å²) in [7, 11) is 5.55. The molecular formula is C22H24ClN3O4. The van der Waals surface area contributed by atoms with Crippen LogP contribution in [0, 0.1) is 0 Å². The van der Waals surface area contributed by atoms with Crippen LogP contribution in [0.5, 0.6) is 11.5 Å². The standard InChI is InChI=1S/C22H24ClN3O4/c1-24(2)9-5-8-20(29)25(3)18-7-4-6-14-12-26(13-16(14)18)22(30)21-17(23)10-15(27)11-19(21)28/h4-8,10-11,27-28H,9,12-13H2,1-3H3/b8-5+. The second-order valence-corrected chi connectivity index (χ2v) is 7.87. The summed E-state index contributed by atoms with van der Waals surface area (Å²) in [5.74, 6) is -1.20. The molecule has 0 saturated heterocycles. The van der Waals surface area contributed by atoms with E-state index >= 15 is 0 Å². The van der Waals surface area contributed by atoms with Crippen LogP contribution in [-0.2, 0) is 17.9 Å². The predicted molar refractivity (Wildman–Crippen MR) is 116 cm³/mol. The van der Waals surface area contributed by atoms with Crippen LogP contribution in [0.15, 0.2) is 42.5 Å². The van der Waals surface area contributed by atoms with Crippen molar-refractivity contribution in [1.82, 2.24) is 9.80 Å². The fourth-order valence-corrected chi connectivity index (χ4v) is 3.69. The Balaban J connectivity index is 1.83. The van der Waals surface area contributed by atoms with Gasteiger partial charge < -0.3 is 24.9 Å². The molecule has 0 unspecified atom stereocenters. The summed E-state index contributed by atoms with van der Waals surface area (Å²) in [5, 5.41) is 19.6. The van der Waals surface area contributed by atoms with Crippen molar-refractivity contribution in [1.29, 1.82) is 0 Å². The monoisotopic (exact) mass is 429 g/mol. The highest BCUT2D eigenvalue weighted by Gasteiger charge is 2.30. The number of likely N-dealkylation sites (N-methyl/N-ethyl adjacent to an activating group) is 2. The molecule has 0 atom stereocenters. The normalized spacial score (nSPS) is 13.2. The second kappa shape index (κ2) is 8.77. The van der Waals surface area contributed by atoms with E-state index in [1.165, 1.54) is 12.1 Å². The van der Waals surface area contributed by atoms with Crippen LogP contribution in [0.25, 0.3) is 0 Å². The minimum atomic E-state index is -0.445. The van der Waals surface area contributed by atoms with E-state index in [2.05, 4.69) is 0 Å². The van der Waals surface area contributed by atoms with Crippen molar-refractivity contribution in [2.24, 2.45) is 0 Å². The van der Waals surface area contributed by atoms with E-state index in [0.29, 0.717) is 13.1 Å². The van der Waals surface area contributed by atoms with Crippen LogP contribution in [0.2, 0.25) is 5.02 Å². The third-order valence-corrected chi connectivity index (χ3v) is 5.23. The predicted octanol–water partition coefficient (Wildman–Crippen LogP) is 2.99. The molecular weight excluding hydrogens is 406 g/mol. The van der Waals surface area contributed by atoms with E-state index in [4.69, 9.17) is 11.6 Å². The molecule has 7 nitrogen and oxygen atoms in total. The number of halogens is 1. The van der Waals surface area contributed by atoms with Gasteiger partial charge in [0.25, 0.3) is 5.91 Å². The zero-order valence-corrected chi connectivity index (χ0v) is 17.8. The highest BCUT2D eigenvalue weighted by molar-refractivity contribution is 6.34. The van der Waals surface area contributed by atoms with Gasteiger partial charge in [-0.1, -0.05) is 29.8 Å². The third kappa shape index (κ3) is 4.42. The number of benzene rings is 2. The molecule has 2 aromatic rings. The van der Waals surface area contributed by atoms with Crippen molar-refractivity contribution in [3.8, 4) is 11.5 Å². The molecule has 2 amide bonds. The van der Waals surface area contributed by atoms with Gasteiger partial charge in [0.05, 0.1) is 5.02 Å². The van der Waals surface area contributed by atoms with Crippen molar-refractivity contribution < 1.29 is 19.8 Å². The molecule has 0 aromatic heterocycles. The number of carbonyl (C=O) groups is 2. The Hall–Kier alpha value is -3.03. The van der Waals surface area contributed by atoms with Gasteiger partial charge in [-0.25, -0.2) is 0 Å². The van der Waals surface area contributed by atoms with Crippen molar-refractivity contribution in [3.63, 3.8) is 0 Å². The number of anilines is 1. The van der Waals surface area contributed by atoms with Gasteiger partial charge in [0.2, 0.25) is 5.91 Å². The van der Waals surface area contributed by atoms with Gasteiger partial charge in [0.1, 0.15) is 17.1 Å². The molecule has 158 valence electrons. The third-order valence-electron chi connectivity index (χ3n) is 4.94. The summed E-state index contributed by atoms with van der Waals surface area (Å²) in [6.45, 7) is 1.27. The Morgan fingerprint density at radius 1 is 1.17 bits per heavy atom. The smallest absolute Gasteiger partial charge is 0.259 e. The van der Waals surface area contributed by atoms with E-state index in [1.54, 1.807) is 22.9 Å². The highest BCUT2D eigenvalue weighted by atomic mass is 35.5. The zero-order chi connectivity index (χ0) is 22.0. The maximum atomic E-state index is 13.0. The Morgan fingerprint density at radius 3 is 2.57 bits per heavy atom. The lowest BCUT2D eigenvalue weighted by Gasteiger charge is -2.20. The molecule has 1 aliphatic rings. The lowest BCUT2D eigenvalue weighted by molar-refractivity contribution is -0.113. The zero-order valence-electron chi connectivity index (χ0n) is 17.1.